The van der Waals surface area contributed by atoms with E-state index in [1.54, 1.807) is 13.8 Å². The smallest absolute Gasteiger partial charge is 0.308 e. The van der Waals surface area contributed by atoms with Crippen LogP contribution in [0, 0.1) is 11.8 Å². The van der Waals surface area contributed by atoms with Gasteiger partial charge in [-0.2, -0.15) is 0 Å². The van der Waals surface area contributed by atoms with E-state index in [4.69, 9.17) is 9.52 Å². The Labute approximate surface area is 107 Å². The first-order valence-corrected chi connectivity index (χ1v) is 5.96. The van der Waals surface area contributed by atoms with Gasteiger partial charge < -0.3 is 14.8 Å². The first-order valence-electron chi connectivity index (χ1n) is 5.17. The number of hydrogen-bond donors (Lipinski definition) is 2. The molecule has 0 aliphatic rings. The Hall–Kier alpha value is -1.30. The van der Waals surface area contributed by atoms with Crippen molar-refractivity contribution in [1.82, 2.24) is 5.32 Å². The molecular formula is C11H14BrNO4. The fourth-order valence-electron chi connectivity index (χ4n) is 1.36. The third-order valence-electron chi connectivity index (χ3n) is 2.47. The lowest BCUT2D eigenvalue weighted by Crippen LogP contribution is -2.35. The minimum Gasteiger partial charge on any atom is -0.481 e. The average molecular weight is 304 g/mol. The summed E-state index contributed by atoms with van der Waals surface area (Å²) in [6, 6.07) is 1.52. The minimum atomic E-state index is -0.911. The van der Waals surface area contributed by atoms with Gasteiger partial charge in [0.05, 0.1) is 17.7 Å². The summed E-state index contributed by atoms with van der Waals surface area (Å²) in [6.45, 7) is 3.71. The zero-order valence-corrected chi connectivity index (χ0v) is 11.2. The molecule has 0 spiro atoms. The Morgan fingerprint density at radius 2 is 2.18 bits per heavy atom. The standard InChI is InChI=1S/C11H14BrNO4/c1-6(2)8(11(15)16)5-13-10(14)7-3-4-17-9(7)12/h3-4,6,8H,5H2,1-2H3,(H,13,14)(H,15,16). The highest BCUT2D eigenvalue weighted by Crippen LogP contribution is 2.17. The van der Waals surface area contributed by atoms with Crippen LogP contribution in [0.25, 0.3) is 0 Å². The van der Waals surface area contributed by atoms with Crippen molar-refractivity contribution in [3.63, 3.8) is 0 Å². The first kappa shape index (κ1) is 13.8. The third-order valence-corrected chi connectivity index (χ3v) is 3.08. The molecule has 1 atom stereocenters. The van der Waals surface area contributed by atoms with Crippen LogP contribution in [0.5, 0.6) is 0 Å². The predicted molar refractivity (Wildman–Crippen MR) is 64.7 cm³/mol. The van der Waals surface area contributed by atoms with Crippen LogP contribution in [0.15, 0.2) is 21.4 Å². The molecule has 5 nitrogen and oxygen atoms in total. The van der Waals surface area contributed by atoms with Gasteiger partial charge >= 0.3 is 5.97 Å². The van der Waals surface area contributed by atoms with E-state index in [0.29, 0.717) is 10.2 Å². The van der Waals surface area contributed by atoms with Gasteiger partial charge in [-0.15, -0.1) is 0 Å². The number of hydrogen-bond acceptors (Lipinski definition) is 3. The Morgan fingerprint density at radius 1 is 1.53 bits per heavy atom. The van der Waals surface area contributed by atoms with Gasteiger partial charge in [0.2, 0.25) is 0 Å². The summed E-state index contributed by atoms with van der Waals surface area (Å²) in [5.74, 6) is -1.89. The normalized spacial score (nSPS) is 12.5. The van der Waals surface area contributed by atoms with Crippen molar-refractivity contribution in [3.8, 4) is 0 Å². The summed E-state index contributed by atoms with van der Waals surface area (Å²) >= 11 is 3.09. The Bertz CT molecular complexity index is 413. The van der Waals surface area contributed by atoms with E-state index >= 15 is 0 Å². The summed E-state index contributed by atoms with van der Waals surface area (Å²) in [5.41, 5.74) is 0.359. The quantitative estimate of drug-likeness (QED) is 0.873. The van der Waals surface area contributed by atoms with Gasteiger partial charge in [-0.3, -0.25) is 9.59 Å². The zero-order chi connectivity index (χ0) is 13.0. The van der Waals surface area contributed by atoms with E-state index in [1.807, 2.05) is 0 Å². The number of halogens is 1. The van der Waals surface area contributed by atoms with Gasteiger partial charge in [-0.1, -0.05) is 13.8 Å². The van der Waals surface area contributed by atoms with Crippen molar-refractivity contribution < 1.29 is 19.1 Å². The number of aliphatic carboxylic acids is 1. The Kier molecular flexibility index (Phi) is 4.74. The Morgan fingerprint density at radius 3 is 2.59 bits per heavy atom. The second-order valence-corrected chi connectivity index (χ2v) is 4.73. The van der Waals surface area contributed by atoms with Gasteiger partial charge in [-0.05, 0) is 27.9 Å². The molecule has 1 heterocycles. The van der Waals surface area contributed by atoms with E-state index in [0.717, 1.165) is 0 Å². The predicted octanol–water partition coefficient (Wildman–Crippen LogP) is 2.13. The molecule has 0 aromatic carbocycles. The number of carboxylic acid groups (broad SMARTS) is 1. The van der Waals surface area contributed by atoms with Crippen molar-refractivity contribution in [2.45, 2.75) is 13.8 Å². The monoisotopic (exact) mass is 303 g/mol. The molecule has 0 saturated carbocycles. The largest absolute Gasteiger partial charge is 0.481 e. The molecule has 0 saturated heterocycles. The fourth-order valence-corrected chi connectivity index (χ4v) is 1.78. The summed E-state index contributed by atoms with van der Waals surface area (Å²) in [5, 5.41) is 11.5. The molecule has 0 radical (unpaired) electrons. The molecule has 1 aromatic heterocycles. The molecule has 0 aliphatic heterocycles. The topological polar surface area (TPSA) is 79.5 Å². The average Bonchev–Trinajstić information content (AvgIpc) is 2.63. The van der Waals surface area contributed by atoms with E-state index in [-0.39, 0.29) is 18.4 Å². The van der Waals surface area contributed by atoms with Crippen molar-refractivity contribution >= 4 is 27.8 Å². The van der Waals surface area contributed by atoms with Gasteiger partial charge in [0, 0.05) is 6.54 Å². The number of furan rings is 1. The number of amides is 1. The summed E-state index contributed by atoms with van der Waals surface area (Å²) in [6.07, 6.45) is 1.39. The van der Waals surface area contributed by atoms with Crippen LogP contribution in [-0.2, 0) is 4.79 Å². The maximum atomic E-state index is 11.7. The molecule has 1 amide bonds. The van der Waals surface area contributed by atoms with Crippen LogP contribution in [-0.4, -0.2) is 23.5 Å². The van der Waals surface area contributed by atoms with Gasteiger partial charge in [0.15, 0.2) is 4.67 Å². The molecule has 6 heteroatoms. The zero-order valence-electron chi connectivity index (χ0n) is 9.57. The van der Waals surface area contributed by atoms with Crippen LogP contribution in [0.4, 0.5) is 0 Å². The van der Waals surface area contributed by atoms with Crippen LogP contribution in [0.1, 0.15) is 24.2 Å². The lowest BCUT2D eigenvalue weighted by Gasteiger charge is -2.16. The molecule has 0 bridgehead atoms. The van der Waals surface area contributed by atoms with Crippen molar-refractivity contribution in [1.29, 1.82) is 0 Å². The Balaban J connectivity index is 2.59. The van der Waals surface area contributed by atoms with Crippen molar-refractivity contribution in [2.75, 3.05) is 6.54 Å². The van der Waals surface area contributed by atoms with Crippen LogP contribution in [0.2, 0.25) is 0 Å². The second-order valence-electron chi connectivity index (χ2n) is 4.01. The van der Waals surface area contributed by atoms with Crippen molar-refractivity contribution in [3.05, 3.63) is 22.6 Å². The van der Waals surface area contributed by atoms with Crippen LogP contribution >= 0.6 is 15.9 Å². The van der Waals surface area contributed by atoms with E-state index < -0.39 is 11.9 Å². The third kappa shape index (κ3) is 3.59. The first-order chi connectivity index (χ1) is 7.93. The molecule has 1 rings (SSSR count). The maximum absolute atomic E-state index is 11.7. The van der Waals surface area contributed by atoms with Gasteiger partial charge in [-0.25, -0.2) is 0 Å². The number of carbonyl (C=O) groups excluding carboxylic acids is 1. The second kappa shape index (κ2) is 5.86. The molecule has 1 unspecified atom stereocenters. The lowest BCUT2D eigenvalue weighted by atomic mass is 9.96. The molecular weight excluding hydrogens is 290 g/mol. The molecule has 0 aliphatic carbocycles. The van der Waals surface area contributed by atoms with E-state index in [2.05, 4.69) is 21.2 Å². The molecule has 17 heavy (non-hydrogen) atoms. The van der Waals surface area contributed by atoms with Crippen molar-refractivity contribution in [2.24, 2.45) is 11.8 Å². The molecule has 2 N–H and O–H groups in total. The molecule has 94 valence electrons. The van der Waals surface area contributed by atoms with Gasteiger partial charge in [0.25, 0.3) is 5.91 Å². The van der Waals surface area contributed by atoms with E-state index in [1.165, 1.54) is 12.3 Å². The summed E-state index contributed by atoms with van der Waals surface area (Å²) in [4.78, 5) is 22.6. The van der Waals surface area contributed by atoms with E-state index in [9.17, 15) is 9.59 Å². The summed E-state index contributed by atoms with van der Waals surface area (Å²) in [7, 11) is 0. The maximum Gasteiger partial charge on any atom is 0.308 e. The lowest BCUT2D eigenvalue weighted by molar-refractivity contribution is -0.142. The molecule has 0 fully saturated rings. The number of carboxylic acids is 1. The number of carbonyl (C=O) groups is 2. The van der Waals surface area contributed by atoms with Crippen LogP contribution < -0.4 is 5.32 Å². The summed E-state index contributed by atoms with van der Waals surface area (Å²) < 4.78 is 5.27. The highest BCUT2D eigenvalue weighted by atomic mass is 79.9. The van der Waals surface area contributed by atoms with Crippen LogP contribution in [0.3, 0.4) is 0 Å². The SMILES string of the molecule is CC(C)C(CNC(=O)c1ccoc1Br)C(=O)O. The molecule has 1 aromatic rings. The minimum absolute atomic E-state index is 0.0411. The highest BCUT2D eigenvalue weighted by molar-refractivity contribution is 9.10. The number of nitrogens with one attached hydrogen (secondary N) is 1. The van der Waals surface area contributed by atoms with Gasteiger partial charge in [0.1, 0.15) is 0 Å². The fraction of sp³-hybridized carbons (Fsp3) is 0.455. The number of rotatable bonds is 5. The highest BCUT2D eigenvalue weighted by Gasteiger charge is 2.23.